The molecule has 0 radical (unpaired) electrons. The second-order valence-corrected chi connectivity index (χ2v) is 8.24. The number of carbonyl (C=O) groups excluding carboxylic acids is 1. The smallest absolute Gasteiger partial charge is 0.257 e. The average molecular weight is 466 g/mol. The molecule has 0 aromatic heterocycles. The quantitative estimate of drug-likeness (QED) is 0.519. The molecule has 2 aromatic rings. The lowest BCUT2D eigenvalue weighted by atomic mass is 10.1. The molecule has 2 N–H and O–H groups in total. The van der Waals surface area contributed by atoms with Gasteiger partial charge in [-0.1, -0.05) is 6.07 Å². The molecule has 1 aliphatic rings. The Kier molecular flexibility index (Phi) is 8.71. The van der Waals surface area contributed by atoms with Gasteiger partial charge in [0.25, 0.3) is 5.91 Å². The Morgan fingerprint density at radius 1 is 1.24 bits per heavy atom. The zero-order chi connectivity index (χ0) is 24.0. The van der Waals surface area contributed by atoms with Gasteiger partial charge in [0.15, 0.2) is 11.6 Å². The van der Waals surface area contributed by atoms with Crippen LogP contribution in [0.4, 0.5) is 24.5 Å². The number of rotatable bonds is 10. The SMILES string of the molecule is COC[C@@H]1CCCN1CCCN(CO)C(=O)c1ccc(F)c(F)c1Nc1ccc(C)cc1F. The molecule has 0 saturated carbocycles. The molecule has 0 unspecified atom stereocenters. The number of ether oxygens (including phenoxy) is 1. The maximum Gasteiger partial charge on any atom is 0.257 e. The van der Waals surface area contributed by atoms with Gasteiger partial charge in [0.05, 0.1) is 23.5 Å². The monoisotopic (exact) mass is 465 g/mol. The molecule has 1 atom stereocenters. The van der Waals surface area contributed by atoms with E-state index in [4.69, 9.17) is 4.74 Å². The zero-order valence-electron chi connectivity index (χ0n) is 18.9. The number of likely N-dealkylation sites (tertiary alicyclic amines) is 1. The fraction of sp³-hybridized carbons (Fsp3) is 0.458. The molecule has 1 amide bonds. The van der Waals surface area contributed by atoms with Gasteiger partial charge in [-0.15, -0.1) is 0 Å². The molecule has 3 rings (SSSR count). The summed E-state index contributed by atoms with van der Waals surface area (Å²) in [5.41, 5.74) is -0.0959. The summed E-state index contributed by atoms with van der Waals surface area (Å²) in [5.74, 6) is -3.80. The van der Waals surface area contributed by atoms with Crippen LogP contribution in [0.1, 0.15) is 35.2 Å². The lowest BCUT2D eigenvalue weighted by Crippen LogP contribution is -2.38. The van der Waals surface area contributed by atoms with Gasteiger partial charge in [-0.25, -0.2) is 13.2 Å². The van der Waals surface area contributed by atoms with Gasteiger partial charge in [0, 0.05) is 26.2 Å². The van der Waals surface area contributed by atoms with Crippen LogP contribution in [0.15, 0.2) is 30.3 Å². The van der Waals surface area contributed by atoms with Crippen LogP contribution in [0.2, 0.25) is 0 Å². The van der Waals surface area contributed by atoms with E-state index in [1.54, 1.807) is 20.1 Å². The molecule has 0 aliphatic carbocycles. The minimum Gasteiger partial charge on any atom is -0.383 e. The highest BCUT2D eigenvalue weighted by Gasteiger charge is 2.26. The number of halogens is 3. The Labute approximate surface area is 191 Å². The summed E-state index contributed by atoms with van der Waals surface area (Å²) >= 11 is 0. The van der Waals surface area contributed by atoms with E-state index in [2.05, 4.69) is 10.2 Å². The van der Waals surface area contributed by atoms with E-state index in [1.807, 2.05) is 0 Å². The minimum absolute atomic E-state index is 0.0899. The Bertz CT molecular complexity index is 973. The number of methoxy groups -OCH3 is 1. The maximum atomic E-state index is 14.6. The largest absolute Gasteiger partial charge is 0.383 e. The van der Waals surface area contributed by atoms with Crippen molar-refractivity contribution in [2.24, 2.45) is 0 Å². The Morgan fingerprint density at radius 3 is 2.73 bits per heavy atom. The number of carbonyl (C=O) groups is 1. The average Bonchev–Trinajstić information content (AvgIpc) is 3.23. The van der Waals surface area contributed by atoms with Crippen molar-refractivity contribution in [2.75, 3.05) is 45.4 Å². The molecule has 1 fully saturated rings. The third-order valence-corrected chi connectivity index (χ3v) is 5.90. The first-order valence-electron chi connectivity index (χ1n) is 11.0. The van der Waals surface area contributed by atoms with Gasteiger partial charge in [-0.3, -0.25) is 9.69 Å². The van der Waals surface area contributed by atoms with Crippen molar-refractivity contribution in [3.8, 4) is 0 Å². The van der Waals surface area contributed by atoms with Gasteiger partial charge >= 0.3 is 0 Å². The normalized spacial score (nSPS) is 16.2. The molecule has 6 nitrogen and oxygen atoms in total. The van der Waals surface area contributed by atoms with Crippen LogP contribution in [0.5, 0.6) is 0 Å². The molecular weight excluding hydrogens is 435 g/mol. The molecule has 0 spiro atoms. The fourth-order valence-corrected chi connectivity index (χ4v) is 4.15. The fourth-order valence-electron chi connectivity index (χ4n) is 4.15. The summed E-state index contributed by atoms with van der Waals surface area (Å²) in [6.07, 6.45) is 2.72. The van der Waals surface area contributed by atoms with Crippen LogP contribution in [0, 0.1) is 24.4 Å². The van der Waals surface area contributed by atoms with Gasteiger partial charge in [-0.05, 0) is 62.6 Å². The van der Waals surface area contributed by atoms with Gasteiger partial charge in [0.1, 0.15) is 12.5 Å². The van der Waals surface area contributed by atoms with Crippen LogP contribution in [0.3, 0.4) is 0 Å². The number of benzene rings is 2. The number of amides is 1. The topological polar surface area (TPSA) is 65.0 Å². The molecule has 1 saturated heterocycles. The number of nitrogens with one attached hydrogen (secondary N) is 1. The predicted octanol–water partition coefficient (Wildman–Crippen LogP) is 4.05. The first-order chi connectivity index (χ1) is 15.8. The number of hydrogen-bond acceptors (Lipinski definition) is 5. The van der Waals surface area contributed by atoms with Crippen molar-refractivity contribution in [1.82, 2.24) is 9.80 Å². The number of aliphatic hydroxyl groups excluding tert-OH is 1. The summed E-state index contributed by atoms with van der Waals surface area (Å²) in [5, 5.41) is 12.3. The highest BCUT2D eigenvalue weighted by Crippen LogP contribution is 2.29. The van der Waals surface area contributed by atoms with E-state index in [-0.39, 0.29) is 17.8 Å². The second-order valence-electron chi connectivity index (χ2n) is 8.24. The van der Waals surface area contributed by atoms with Crippen molar-refractivity contribution >= 4 is 17.3 Å². The molecule has 1 aliphatic heterocycles. The molecule has 33 heavy (non-hydrogen) atoms. The lowest BCUT2D eigenvalue weighted by molar-refractivity contribution is 0.0532. The lowest BCUT2D eigenvalue weighted by Gasteiger charge is -2.26. The van der Waals surface area contributed by atoms with E-state index in [9.17, 15) is 23.1 Å². The summed E-state index contributed by atoms with van der Waals surface area (Å²) in [4.78, 5) is 16.5. The predicted molar refractivity (Wildman–Crippen MR) is 120 cm³/mol. The van der Waals surface area contributed by atoms with Crippen molar-refractivity contribution in [3.63, 3.8) is 0 Å². The minimum atomic E-state index is -1.29. The maximum absolute atomic E-state index is 14.6. The number of hydrogen-bond donors (Lipinski definition) is 2. The van der Waals surface area contributed by atoms with E-state index < -0.39 is 35.8 Å². The molecule has 180 valence electrons. The van der Waals surface area contributed by atoms with Crippen LogP contribution < -0.4 is 5.32 Å². The molecular formula is C24H30F3N3O3. The standard InChI is InChI=1S/C24H30F3N3O3/c1-16-6-9-21(20(26)13-16)28-23-18(7-8-19(25)22(23)27)24(32)30(15-31)12-4-11-29-10-3-5-17(29)14-33-2/h6-9,13,17,28,31H,3-5,10-12,14-15H2,1-2H3/t17-/m0/s1. The Balaban J connectivity index is 1.75. The van der Waals surface area contributed by atoms with E-state index in [1.165, 1.54) is 12.1 Å². The van der Waals surface area contributed by atoms with Crippen molar-refractivity contribution in [1.29, 1.82) is 0 Å². The van der Waals surface area contributed by atoms with Crippen LogP contribution in [-0.2, 0) is 4.74 Å². The zero-order valence-corrected chi connectivity index (χ0v) is 18.9. The van der Waals surface area contributed by atoms with Gasteiger partial charge < -0.3 is 20.1 Å². The Hall–Kier alpha value is -2.62. The molecule has 0 bridgehead atoms. The van der Waals surface area contributed by atoms with E-state index in [0.29, 0.717) is 24.6 Å². The summed E-state index contributed by atoms with van der Waals surface area (Å²) in [6, 6.07) is 6.55. The van der Waals surface area contributed by atoms with Gasteiger partial charge in [-0.2, -0.15) is 0 Å². The number of anilines is 2. The highest BCUT2D eigenvalue weighted by atomic mass is 19.2. The number of aryl methyl sites for hydroxylation is 1. The van der Waals surface area contributed by atoms with E-state index >= 15 is 0 Å². The van der Waals surface area contributed by atoms with Crippen molar-refractivity contribution in [2.45, 2.75) is 32.2 Å². The second kappa shape index (κ2) is 11.5. The van der Waals surface area contributed by atoms with Crippen molar-refractivity contribution < 1.29 is 27.8 Å². The summed E-state index contributed by atoms with van der Waals surface area (Å²) < 4.78 is 48.1. The highest BCUT2D eigenvalue weighted by molar-refractivity contribution is 6.00. The number of aliphatic hydroxyl groups is 1. The summed E-state index contributed by atoms with van der Waals surface area (Å²) in [7, 11) is 1.67. The first kappa shape index (κ1) is 25.0. The number of nitrogens with zero attached hydrogens (tertiary/aromatic N) is 2. The molecule has 2 aromatic carbocycles. The molecule has 1 heterocycles. The third-order valence-electron chi connectivity index (χ3n) is 5.90. The third kappa shape index (κ3) is 6.04. The van der Waals surface area contributed by atoms with Crippen LogP contribution in [-0.4, -0.2) is 66.9 Å². The van der Waals surface area contributed by atoms with Gasteiger partial charge in [0.2, 0.25) is 0 Å². The first-order valence-corrected chi connectivity index (χ1v) is 11.0. The van der Waals surface area contributed by atoms with Crippen molar-refractivity contribution in [3.05, 3.63) is 58.9 Å². The van der Waals surface area contributed by atoms with Crippen LogP contribution >= 0.6 is 0 Å². The van der Waals surface area contributed by atoms with E-state index in [0.717, 1.165) is 43.0 Å². The molecule has 9 heteroatoms. The Morgan fingerprint density at radius 2 is 2.03 bits per heavy atom. The summed E-state index contributed by atoms with van der Waals surface area (Å²) in [6.45, 7) is 3.64. The van der Waals surface area contributed by atoms with Crippen LogP contribution in [0.25, 0.3) is 0 Å².